The number of aryl methyl sites for hydroxylation is 1. The lowest BCUT2D eigenvalue weighted by molar-refractivity contribution is 0.435. The summed E-state index contributed by atoms with van der Waals surface area (Å²) in [6.07, 6.45) is 2.51. The third kappa shape index (κ3) is 1.94. The summed E-state index contributed by atoms with van der Waals surface area (Å²) in [7, 11) is 4.24. The molecule has 1 aliphatic rings. The molecule has 1 aromatic rings. The van der Waals surface area contributed by atoms with Crippen LogP contribution in [0.4, 0.5) is 5.69 Å². The molecule has 1 aliphatic heterocycles. The third-order valence-electron chi connectivity index (χ3n) is 3.60. The predicted octanol–water partition coefficient (Wildman–Crippen LogP) is 2.66. The van der Waals surface area contributed by atoms with E-state index in [1.807, 2.05) is 0 Å². The van der Waals surface area contributed by atoms with Crippen LogP contribution in [0.15, 0.2) is 18.2 Å². The van der Waals surface area contributed by atoms with Gasteiger partial charge in [0, 0.05) is 25.3 Å². The van der Waals surface area contributed by atoms with Crippen molar-refractivity contribution < 1.29 is 0 Å². The summed E-state index contributed by atoms with van der Waals surface area (Å²) in [5, 5.41) is 3.65. The van der Waals surface area contributed by atoms with Gasteiger partial charge in [0.25, 0.3) is 0 Å². The zero-order chi connectivity index (χ0) is 11.8. The maximum absolute atomic E-state index is 3.65. The Morgan fingerprint density at radius 3 is 2.62 bits per heavy atom. The highest BCUT2D eigenvalue weighted by Gasteiger charge is 2.32. The van der Waals surface area contributed by atoms with Gasteiger partial charge in [0.2, 0.25) is 0 Å². The largest absolute Gasteiger partial charge is 0.377 e. The first-order valence-electron chi connectivity index (χ1n) is 6.06. The molecule has 0 aliphatic carbocycles. The van der Waals surface area contributed by atoms with Gasteiger partial charge in [0.15, 0.2) is 0 Å². The molecule has 16 heavy (non-hydrogen) atoms. The Kier molecular flexibility index (Phi) is 2.94. The van der Waals surface area contributed by atoms with Crippen LogP contribution in [0.25, 0.3) is 0 Å². The van der Waals surface area contributed by atoms with Crippen LogP contribution in [0.3, 0.4) is 0 Å². The van der Waals surface area contributed by atoms with Crippen molar-refractivity contribution in [1.82, 2.24) is 5.32 Å². The molecule has 88 valence electrons. The van der Waals surface area contributed by atoms with Gasteiger partial charge in [-0.1, -0.05) is 17.7 Å². The van der Waals surface area contributed by atoms with Crippen molar-refractivity contribution in [1.29, 1.82) is 0 Å². The van der Waals surface area contributed by atoms with Gasteiger partial charge in [0.05, 0.1) is 0 Å². The minimum Gasteiger partial charge on any atom is -0.377 e. The molecule has 0 aromatic heterocycles. The van der Waals surface area contributed by atoms with Crippen molar-refractivity contribution in [2.45, 2.75) is 32.2 Å². The van der Waals surface area contributed by atoms with E-state index in [9.17, 15) is 0 Å². The zero-order valence-corrected chi connectivity index (χ0v) is 10.8. The van der Waals surface area contributed by atoms with E-state index in [0.717, 1.165) is 6.54 Å². The van der Waals surface area contributed by atoms with Crippen LogP contribution in [0.5, 0.6) is 0 Å². The van der Waals surface area contributed by atoms with Gasteiger partial charge in [0.1, 0.15) is 0 Å². The highest BCUT2D eigenvalue weighted by Crippen LogP contribution is 2.36. The number of hydrogen-bond acceptors (Lipinski definition) is 2. The molecule has 0 radical (unpaired) electrons. The standard InChI is InChI=1S/C14H22N2/c1-11-6-7-13(16(3)4)12(10-11)14(2)8-5-9-15-14/h6-7,10,15H,5,8-9H2,1-4H3. The summed E-state index contributed by atoms with van der Waals surface area (Å²) in [5.41, 5.74) is 4.28. The van der Waals surface area contributed by atoms with E-state index in [2.05, 4.69) is 56.4 Å². The van der Waals surface area contributed by atoms with E-state index in [1.54, 1.807) is 0 Å². The van der Waals surface area contributed by atoms with E-state index < -0.39 is 0 Å². The van der Waals surface area contributed by atoms with Crippen molar-refractivity contribution >= 4 is 5.69 Å². The molecule has 0 saturated carbocycles. The van der Waals surface area contributed by atoms with E-state index in [4.69, 9.17) is 0 Å². The molecular weight excluding hydrogens is 196 g/mol. The third-order valence-corrected chi connectivity index (χ3v) is 3.60. The SMILES string of the molecule is Cc1ccc(N(C)C)c(C2(C)CCCN2)c1. The number of hydrogen-bond donors (Lipinski definition) is 1. The summed E-state index contributed by atoms with van der Waals surface area (Å²) < 4.78 is 0. The van der Waals surface area contributed by atoms with Crippen LogP contribution < -0.4 is 10.2 Å². The average molecular weight is 218 g/mol. The normalized spacial score (nSPS) is 24.8. The quantitative estimate of drug-likeness (QED) is 0.821. The smallest absolute Gasteiger partial charge is 0.0427 e. The van der Waals surface area contributed by atoms with Gasteiger partial charge in [-0.25, -0.2) is 0 Å². The molecule has 2 nitrogen and oxygen atoms in total. The number of benzene rings is 1. The van der Waals surface area contributed by atoms with Crippen molar-refractivity contribution in [3.63, 3.8) is 0 Å². The first kappa shape index (κ1) is 11.5. The molecule has 2 heteroatoms. The van der Waals surface area contributed by atoms with Gasteiger partial charge in [-0.05, 0) is 44.9 Å². The highest BCUT2D eigenvalue weighted by atomic mass is 15.1. The van der Waals surface area contributed by atoms with Gasteiger partial charge in [-0.2, -0.15) is 0 Å². The minimum absolute atomic E-state index is 0.158. The van der Waals surface area contributed by atoms with Crippen LogP contribution >= 0.6 is 0 Å². The summed E-state index contributed by atoms with van der Waals surface area (Å²) in [6, 6.07) is 6.75. The monoisotopic (exact) mass is 218 g/mol. The number of rotatable bonds is 2. The molecular formula is C14H22N2. The van der Waals surface area contributed by atoms with E-state index in [0.29, 0.717) is 0 Å². The molecule has 0 amide bonds. The van der Waals surface area contributed by atoms with Crippen LogP contribution in [-0.4, -0.2) is 20.6 Å². The van der Waals surface area contributed by atoms with Crippen molar-refractivity contribution in [3.05, 3.63) is 29.3 Å². The molecule has 1 fully saturated rings. The Labute approximate surface area is 98.7 Å². The fraction of sp³-hybridized carbons (Fsp3) is 0.571. The van der Waals surface area contributed by atoms with Gasteiger partial charge >= 0.3 is 0 Å². The molecule has 1 aromatic carbocycles. The highest BCUT2D eigenvalue weighted by molar-refractivity contribution is 5.57. The van der Waals surface area contributed by atoms with Crippen LogP contribution in [0.1, 0.15) is 30.9 Å². The zero-order valence-electron chi connectivity index (χ0n) is 10.8. The molecule has 1 heterocycles. The first-order chi connectivity index (χ1) is 7.53. The second-order valence-corrected chi connectivity index (χ2v) is 5.28. The van der Waals surface area contributed by atoms with Gasteiger partial charge in [-0.3, -0.25) is 0 Å². The molecule has 1 atom stereocenters. The summed E-state index contributed by atoms with van der Waals surface area (Å²) in [5.74, 6) is 0. The second-order valence-electron chi connectivity index (χ2n) is 5.28. The average Bonchev–Trinajstić information content (AvgIpc) is 2.66. The number of nitrogens with one attached hydrogen (secondary N) is 1. The van der Waals surface area contributed by atoms with Crippen molar-refractivity contribution in [2.75, 3.05) is 25.5 Å². The van der Waals surface area contributed by atoms with Crippen LogP contribution in [0, 0.1) is 6.92 Å². The number of nitrogens with zero attached hydrogens (tertiary/aromatic N) is 1. The van der Waals surface area contributed by atoms with Crippen LogP contribution in [-0.2, 0) is 5.54 Å². The Morgan fingerprint density at radius 1 is 1.31 bits per heavy atom. The van der Waals surface area contributed by atoms with Crippen molar-refractivity contribution in [3.8, 4) is 0 Å². The lowest BCUT2D eigenvalue weighted by Gasteiger charge is -2.30. The second kappa shape index (κ2) is 4.10. The lowest BCUT2D eigenvalue weighted by atomic mass is 9.88. The topological polar surface area (TPSA) is 15.3 Å². The Bertz CT molecular complexity index is 376. The maximum atomic E-state index is 3.65. The maximum Gasteiger partial charge on any atom is 0.0427 e. The number of anilines is 1. The van der Waals surface area contributed by atoms with Gasteiger partial charge < -0.3 is 10.2 Å². The Morgan fingerprint density at radius 2 is 2.06 bits per heavy atom. The molecule has 1 unspecified atom stereocenters. The molecule has 0 spiro atoms. The first-order valence-corrected chi connectivity index (χ1v) is 6.06. The van der Waals surface area contributed by atoms with E-state index in [1.165, 1.54) is 29.7 Å². The summed E-state index contributed by atoms with van der Waals surface area (Å²) in [6.45, 7) is 5.63. The fourth-order valence-electron chi connectivity index (χ4n) is 2.61. The predicted molar refractivity (Wildman–Crippen MR) is 70.1 cm³/mol. The molecule has 1 saturated heterocycles. The molecule has 2 rings (SSSR count). The molecule has 0 bridgehead atoms. The lowest BCUT2D eigenvalue weighted by Crippen LogP contribution is -2.34. The Hall–Kier alpha value is -1.02. The van der Waals surface area contributed by atoms with Gasteiger partial charge in [-0.15, -0.1) is 0 Å². The minimum atomic E-state index is 0.158. The summed E-state index contributed by atoms with van der Waals surface area (Å²) in [4.78, 5) is 2.21. The fourth-order valence-corrected chi connectivity index (χ4v) is 2.61. The van der Waals surface area contributed by atoms with E-state index >= 15 is 0 Å². The summed E-state index contributed by atoms with van der Waals surface area (Å²) >= 11 is 0. The van der Waals surface area contributed by atoms with E-state index in [-0.39, 0.29) is 5.54 Å². The van der Waals surface area contributed by atoms with Crippen LogP contribution in [0.2, 0.25) is 0 Å². The van der Waals surface area contributed by atoms with Crippen molar-refractivity contribution in [2.24, 2.45) is 0 Å². The Balaban J connectivity index is 2.48. The molecule has 1 N–H and O–H groups in total.